The molecule has 1 aromatic rings. The van der Waals surface area contributed by atoms with E-state index in [1.165, 1.54) is 0 Å². The molecule has 1 saturated heterocycles. The van der Waals surface area contributed by atoms with Crippen LogP contribution in [0.1, 0.15) is 17.4 Å². The molecule has 13 heavy (non-hydrogen) atoms. The normalized spacial score (nSPS) is 28.2. The molecule has 0 aromatic carbocycles. The van der Waals surface area contributed by atoms with Gasteiger partial charge in [-0.25, -0.2) is 0 Å². The van der Waals surface area contributed by atoms with Crippen LogP contribution in [-0.2, 0) is 0 Å². The van der Waals surface area contributed by atoms with Gasteiger partial charge in [0.15, 0.2) is 0 Å². The van der Waals surface area contributed by atoms with Crippen molar-refractivity contribution >= 4 is 0 Å². The van der Waals surface area contributed by atoms with E-state index in [2.05, 4.69) is 5.32 Å². The van der Waals surface area contributed by atoms with Gasteiger partial charge in [-0.3, -0.25) is 4.39 Å². The van der Waals surface area contributed by atoms with Gasteiger partial charge in [0, 0.05) is 24.9 Å². The lowest BCUT2D eigenvalue weighted by molar-refractivity contribution is 0.328. The van der Waals surface area contributed by atoms with E-state index in [0.717, 1.165) is 24.6 Å². The van der Waals surface area contributed by atoms with E-state index in [-0.39, 0.29) is 18.5 Å². The van der Waals surface area contributed by atoms with E-state index in [0.29, 0.717) is 0 Å². The first-order valence-electron chi connectivity index (χ1n) is 4.64. The van der Waals surface area contributed by atoms with Crippen LogP contribution in [0, 0.1) is 12.8 Å². The summed E-state index contributed by atoms with van der Waals surface area (Å²) in [5, 5.41) is 3.18. The number of hydrogen-bond donors (Lipinski definition) is 1. The van der Waals surface area contributed by atoms with Crippen LogP contribution in [0.25, 0.3) is 0 Å². The average Bonchev–Trinajstić information content (AvgIpc) is 2.71. The van der Waals surface area contributed by atoms with E-state index < -0.39 is 0 Å². The Morgan fingerprint density at radius 1 is 1.54 bits per heavy atom. The zero-order chi connectivity index (χ0) is 9.26. The highest BCUT2D eigenvalue weighted by molar-refractivity contribution is 5.13. The number of nitrogens with one attached hydrogen (secondary N) is 1. The van der Waals surface area contributed by atoms with Gasteiger partial charge in [0.1, 0.15) is 11.5 Å². The zero-order valence-corrected chi connectivity index (χ0v) is 7.72. The third-order valence-electron chi connectivity index (χ3n) is 2.66. The Balaban J connectivity index is 2.15. The average molecular weight is 183 g/mol. The Morgan fingerprint density at radius 3 is 3.00 bits per heavy atom. The van der Waals surface area contributed by atoms with Crippen molar-refractivity contribution < 1.29 is 8.81 Å². The molecule has 0 saturated carbocycles. The molecular formula is C10H14FNO. The van der Waals surface area contributed by atoms with Gasteiger partial charge in [-0.2, -0.15) is 0 Å². The second-order valence-electron chi connectivity index (χ2n) is 3.63. The van der Waals surface area contributed by atoms with Crippen LogP contribution >= 0.6 is 0 Å². The van der Waals surface area contributed by atoms with Crippen molar-refractivity contribution in [1.29, 1.82) is 0 Å². The Morgan fingerprint density at radius 2 is 2.38 bits per heavy atom. The van der Waals surface area contributed by atoms with Crippen molar-refractivity contribution in [3.8, 4) is 0 Å². The van der Waals surface area contributed by atoms with Crippen LogP contribution in [-0.4, -0.2) is 19.8 Å². The molecule has 2 rings (SSSR count). The molecule has 0 spiro atoms. The third-order valence-corrected chi connectivity index (χ3v) is 2.66. The molecule has 2 atom stereocenters. The molecule has 1 N–H and O–H groups in total. The number of furan rings is 1. The van der Waals surface area contributed by atoms with Crippen molar-refractivity contribution in [2.45, 2.75) is 12.8 Å². The Bertz CT molecular complexity index is 284. The number of rotatable bonds is 2. The fraction of sp³-hybridized carbons (Fsp3) is 0.600. The van der Waals surface area contributed by atoms with E-state index in [1.54, 1.807) is 0 Å². The topological polar surface area (TPSA) is 25.2 Å². The molecular weight excluding hydrogens is 169 g/mol. The van der Waals surface area contributed by atoms with Gasteiger partial charge in [-0.05, 0) is 19.1 Å². The lowest BCUT2D eigenvalue weighted by atomic mass is 9.95. The van der Waals surface area contributed by atoms with Gasteiger partial charge in [-0.1, -0.05) is 0 Å². The highest BCUT2D eigenvalue weighted by Gasteiger charge is 2.30. The van der Waals surface area contributed by atoms with Crippen LogP contribution in [0.2, 0.25) is 0 Å². The minimum absolute atomic E-state index is 0.0885. The number of hydrogen-bond acceptors (Lipinski definition) is 2. The van der Waals surface area contributed by atoms with Gasteiger partial charge in [-0.15, -0.1) is 0 Å². The monoisotopic (exact) mass is 183 g/mol. The highest BCUT2D eigenvalue weighted by Crippen LogP contribution is 2.29. The second-order valence-corrected chi connectivity index (χ2v) is 3.63. The van der Waals surface area contributed by atoms with E-state index >= 15 is 0 Å². The lowest BCUT2D eigenvalue weighted by Gasteiger charge is -2.11. The summed E-state index contributed by atoms with van der Waals surface area (Å²) in [7, 11) is 0. The summed E-state index contributed by atoms with van der Waals surface area (Å²) in [5.74, 6) is 2.13. The third kappa shape index (κ3) is 1.61. The summed E-state index contributed by atoms with van der Waals surface area (Å²) in [5.41, 5.74) is 0. The van der Waals surface area contributed by atoms with Crippen molar-refractivity contribution in [3.63, 3.8) is 0 Å². The van der Waals surface area contributed by atoms with Crippen LogP contribution in [0.3, 0.4) is 0 Å². The molecule has 72 valence electrons. The van der Waals surface area contributed by atoms with Crippen molar-refractivity contribution in [2.24, 2.45) is 5.92 Å². The zero-order valence-electron chi connectivity index (χ0n) is 7.72. The second kappa shape index (κ2) is 3.50. The first-order valence-corrected chi connectivity index (χ1v) is 4.64. The lowest BCUT2D eigenvalue weighted by Crippen LogP contribution is -2.12. The molecule has 1 aliphatic rings. The summed E-state index contributed by atoms with van der Waals surface area (Å²) in [4.78, 5) is 0. The SMILES string of the molecule is Cc1ccc([C@H]2CNC[C@H]2CF)o1. The molecule has 0 aliphatic carbocycles. The van der Waals surface area contributed by atoms with Crippen LogP contribution in [0.4, 0.5) is 4.39 Å². The number of aryl methyl sites for hydroxylation is 1. The van der Waals surface area contributed by atoms with Crippen molar-refractivity contribution in [3.05, 3.63) is 23.7 Å². The summed E-state index contributed by atoms with van der Waals surface area (Å²) >= 11 is 0. The molecule has 0 unspecified atom stereocenters. The van der Waals surface area contributed by atoms with Crippen molar-refractivity contribution in [1.82, 2.24) is 5.32 Å². The van der Waals surface area contributed by atoms with E-state index in [1.807, 2.05) is 19.1 Å². The molecule has 1 aliphatic heterocycles. The highest BCUT2D eigenvalue weighted by atomic mass is 19.1. The number of alkyl halides is 1. The predicted octanol–water partition coefficient (Wildman–Crippen LogP) is 1.86. The molecule has 1 aromatic heterocycles. The largest absolute Gasteiger partial charge is 0.466 e. The molecule has 2 nitrogen and oxygen atoms in total. The van der Waals surface area contributed by atoms with E-state index in [9.17, 15) is 4.39 Å². The van der Waals surface area contributed by atoms with Gasteiger partial charge < -0.3 is 9.73 Å². The van der Waals surface area contributed by atoms with Gasteiger partial charge in [0.25, 0.3) is 0 Å². The number of halogens is 1. The first-order chi connectivity index (χ1) is 6.31. The summed E-state index contributed by atoms with van der Waals surface area (Å²) < 4.78 is 18.1. The van der Waals surface area contributed by atoms with Gasteiger partial charge in [0.05, 0.1) is 6.67 Å². The quantitative estimate of drug-likeness (QED) is 0.757. The Hall–Kier alpha value is -0.830. The minimum atomic E-state index is -0.266. The summed E-state index contributed by atoms with van der Waals surface area (Å²) in [6, 6.07) is 3.89. The van der Waals surface area contributed by atoms with Gasteiger partial charge in [0.2, 0.25) is 0 Å². The summed E-state index contributed by atoms with van der Waals surface area (Å²) in [6.45, 7) is 3.25. The fourth-order valence-electron chi connectivity index (χ4n) is 1.88. The molecule has 0 radical (unpaired) electrons. The summed E-state index contributed by atoms with van der Waals surface area (Å²) in [6.07, 6.45) is 0. The fourth-order valence-corrected chi connectivity index (χ4v) is 1.88. The molecule has 1 fully saturated rings. The molecule has 3 heteroatoms. The maximum absolute atomic E-state index is 12.6. The molecule has 0 bridgehead atoms. The van der Waals surface area contributed by atoms with Crippen LogP contribution in [0.5, 0.6) is 0 Å². The van der Waals surface area contributed by atoms with Crippen LogP contribution < -0.4 is 5.32 Å². The smallest absolute Gasteiger partial charge is 0.108 e. The van der Waals surface area contributed by atoms with E-state index in [4.69, 9.17) is 4.42 Å². The van der Waals surface area contributed by atoms with Crippen LogP contribution in [0.15, 0.2) is 16.5 Å². The Labute approximate surface area is 77.1 Å². The maximum Gasteiger partial charge on any atom is 0.108 e. The minimum Gasteiger partial charge on any atom is -0.466 e. The standard InChI is InChI=1S/C10H14FNO/c1-7-2-3-10(13-7)9-6-12-5-8(9)4-11/h2-3,8-9,12H,4-6H2,1H3/t8-,9+/m1/s1. The molecule has 0 amide bonds. The van der Waals surface area contributed by atoms with Gasteiger partial charge >= 0.3 is 0 Å². The van der Waals surface area contributed by atoms with Crippen molar-refractivity contribution in [2.75, 3.05) is 19.8 Å². The Kier molecular flexibility index (Phi) is 2.36. The predicted molar refractivity (Wildman–Crippen MR) is 48.5 cm³/mol. The maximum atomic E-state index is 12.6. The first kappa shape index (κ1) is 8.75. The molecule has 2 heterocycles.